The molecule has 0 amide bonds. The number of aromatic nitrogens is 4. The van der Waals surface area contributed by atoms with Crippen LogP contribution in [0.25, 0.3) is 66.1 Å². The van der Waals surface area contributed by atoms with Gasteiger partial charge in [-0.15, -0.1) is 0 Å². The number of halogens is 3. The van der Waals surface area contributed by atoms with Gasteiger partial charge in [0, 0.05) is 48.9 Å². The van der Waals surface area contributed by atoms with Crippen LogP contribution in [-0.4, -0.2) is 37.4 Å². The van der Waals surface area contributed by atoms with E-state index in [1.165, 1.54) is 88.3 Å². The molecule has 0 radical (unpaired) electrons. The number of benzene rings is 6. The smallest absolute Gasteiger partial charge is 0.399 e. The van der Waals surface area contributed by atoms with Crippen molar-refractivity contribution in [3.05, 3.63) is 194 Å². The van der Waals surface area contributed by atoms with Gasteiger partial charge in [0.15, 0.2) is 0 Å². The van der Waals surface area contributed by atoms with E-state index in [1.807, 2.05) is 18.2 Å². The third kappa shape index (κ3) is 10.4. The van der Waals surface area contributed by atoms with Gasteiger partial charge < -0.3 is 18.4 Å². The van der Waals surface area contributed by atoms with Gasteiger partial charge in [-0.05, 0) is 186 Å². The van der Waals surface area contributed by atoms with Crippen LogP contribution in [0.3, 0.4) is 0 Å². The van der Waals surface area contributed by atoms with E-state index < -0.39 is 0 Å². The zero-order valence-corrected chi connectivity index (χ0v) is 48.3. The minimum atomic E-state index is -0.369. The highest BCUT2D eigenvalue weighted by molar-refractivity contribution is 14.1. The molecule has 74 heavy (non-hydrogen) atoms. The van der Waals surface area contributed by atoms with Gasteiger partial charge in [0.2, 0.25) is 0 Å². The molecule has 0 spiro atoms. The minimum Gasteiger partial charge on any atom is -0.399 e. The van der Waals surface area contributed by atoms with Crippen molar-refractivity contribution in [1.82, 2.24) is 19.1 Å². The van der Waals surface area contributed by atoms with Crippen LogP contribution in [-0.2, 0) is 9.31 Å². The maximum Gasteiger partial charge on any atom is 0.495 e. The van der Waals surface area contributed by atoms with Gasteiger partial charge in [0.1, 0.15) is 10.3 Å². The van der Waals surface area contributed by atoms with E-state index in [2.05, 4.69) is 252 Å². The van der Waals surface area contributed by atoms with Crippen molar-refractivity contribution in [3.63, 3.8) is 0 Å². The molecule has 11 rings (SSSR count). The van der Waals surface area contributed by atoms with Gasteiger partial charge in [0.05, 0.1) is 33.3 Å². The molecule has 5 heterocycles. The van der Waals surface area contributed by atoms with Gasteiger partial charge in [-0.25, -0.2) is 9.97 Å². The molecular weight excluding hydrogens is 1070 g/mol. The molecule has 6 aromatic carbocycles. The lowest BCUT2D eigenvalue weighted by Crippen LogP contribution is -2.41. The molecule has 1 fully saturated rings. The Morgan fingerprint density at radius 1 is 0.459 bits per heavy atom. The number of hydrogen-bond donors (Lipinski definition) is 0. The SMILES string of the molecule is CC(C)c1cc(-n2c3ccccc3c3ccccc32)cc(C(C)C)c1-c1ccnc(Cl)c1.CC(C)c1cc(-n2c3ccccc3c3ccccc32)cc(C(C)C)c1B1OC(C)(C)C(C)(C)O1.Clc1cc(I)ccn1. The zero-order valence-electron chi connectivity index (χ0n) is 44.6. The number of nitrogens with zero attached hydrogens (tertiary/aromatic N) is 4. The first-order valence-electron chi connectivity index (χ1n) is 25.8. The Labute approximate surface area is 461 Å². The Morgan fingerprint density at radius 2 is 0.797 bits per heavy atom. The summed E-state index contributed by atoms with van der Waals surface area (Å²) >= 11 is 14.0. The Morgan fingerprint density at radius 3 is 1.12 bits per heavy atom. The Bertz CT molecular complexity index is 3470. The quantitative estimate of drug-likeness (QED) is 0.0864. The second-order valence-corrected chi connectivity index (χ2v) is 23.7. The standard InChI is InChI=1S/C30H36BNO2.C29H27ClN2.C5H3ClIN/c1-19(2)24-17-21(32-26-15-11-9-13-22(26)23-14-10-12-16-27(23)32)18-25(20(3)4)28(24)31-33-29(5,6)30(7,8)34-31;1-18(2)24-16-21(17-25(19(3)4)29(24)20-13-14-31-28(30)15-20)32-26-11-7-5-9-22(26)23-10-6-8-12-27(23)32;6-5-3-4(7)1-2-8-5/h9-20H,1-8H3;5-19H,1-4H3;1-3H. The number of pyridine rings is 2. The summed E-state index contributed by atoms with van der Waals surface area (Å²) in [7, 11) is -0.369. The van der Waals surface area contributed by atoms with E-state index in [9.17, 15) is 0 Å². The molecule has 0 bridgehead atoms. The average molecular weight is 1130 g/mol. The summed E-state index contributed by atoms with van der Waals surface area (Å²) in [5, 5.41) is 6.21. The second-order valence-electron chi connectivity index (χ2n) is 21.6. The van der Waals surface area contributed by atoms with Crippen molar-refractivity contribution in [2.45, 2.75) is 118 Å². The van der Waals surface area contributed by atoms with Crippen molar-refractivity contribution in [2.75, 3.05) is 0 Å². The fourth-order valence-electron chi connectivity index (χ4n) is 10.4. The number of hydrogen-bond acceptors (Lipinski definition) is 4. The molecular formula is C64H66BCl2IN4O2. The topological polar surface area (TPSA) is 54.1 Å². The van der Waals surface area contributed by atoms with Crippen LogP contribution in [0.1, 0.15) is 129 Å². The van der Waals surface area contributed by atoms with Crippen molar-refractivity contribution in [3.8, 4) is 22.5 Å². The summed E-state index contributed by atoms with van der Waals surface area (Å²) in [4.78, 5) is 8.00. The largest absolute Gasteiger partial charge is 0.495 e. The zero-order chi connectivity index (χ0) is 52.8. The van der Waals surface area contributed by atoms with Crippen molar-refractivity contribution in [2.24, 2.45) is 0 Å². The van der Waals surface area contributed by atoms with Crippen molar-refractivity contribution < 1.29 is 9.31 Å². The maximum atomic E-state index is 6.57. The predicted molar refractivity (Wildman–Crippen MR) is 324 cm³/mol. The van der Waals surface area contributed by atoms with E-state index in [-0.39, 0.29) is 18.3 Å². The number of fused-ring (bicyclic) bond motifs is 6. The second kappa shape index (κ2) is 21.6. The van der Waals surface area contributed by atoms with Gasteiger partial charge in [-0.3, -0.25) is 0 Å². The fraction of sp³-hybridized carbons (Fsp3) is 0.281. The number of para-hydroxylation sites is 4. The number of rotatable bonds is 8. The van der Waals surface area contributed by atoms with Gasteiger partial charge in [-0.1, -0.05) is 151 Å². The van der Waals surface area contributed by atoms with Gasteiger partial charge in [0.25, 0.3) is 0 Å². The first kappa shape index (κ1) is 53.3. The lowest BCUT2D eigenvalue weighted by Gasteiger charge is -2.32. The molecule has 0 saturated carbocycles. The molecule has 0 atom stereocenters. The average Bonchev–Trinajstić information content (AvgIpc) is 3.96. The molecule has 0 aliphatic carbocycles. The predicted octanol–water partition coefficient (Wildman–Crippen LogP) is 18.4. The molecule has 6 nitrogen and oxygen atoms in total. The molecule has 0 N–H and O–H groups in total. The van der Waals surface area contributed by atoms with Crippen molar-refractivity contribution >= 4 is 102 Å². The summed E-state index contributed by atoms with van der Waals surface area (Å²) in [6, 6.07) is 51.9. The normalized spacial score (nSPS) is 14.2. The summed E-state index contributed by atoms with van der Waals surface area (Å²) in [5.74, 6) is 1.39. The molecule has 4 aromatic heterocycles. The minimum absolute atomic E-state index is 0.333. The Kier molecular flexibility index (Phi) is 15.6. The maximum absolute atomic E-state index is 6.57. The summed E-state index contributed by atoms with van der Waals surface area (Å²) < 4.78 is 19.1. The first-order valence-corrected chi connectivity index (χ1v) is 27.7. The van der Waals surface area contributed by atoms with Crippen LogP contribution in [0.4, 0.5) is 0 Å². The van der Waals surface area contributed by atoms with Crippen LogP contribution in [0, 0.1) is 3.57 Å². The van der Waals surface area contributed by atoms with Gasteiger partial charge >= 0.3 is 7.12 Å². The molecule has 10 heteroatoms. The van der Waals surface area contributed by atoms with E-state index in [0.717, 1.165) is 9.13 Å². The van der Waals surface area contributed by atoms with E-state index in [1.54, 1.807) is 12.4 Å². The molecule has 1 saturated heterocycles. The summed E-state index contributed by atoms with van der Waals surface area (Å²) in [6.45, 7) is 26.6. The van der Waals surface area contributed by atoms with Crippen LogP contribution >= 0.6 is 45.8 Å². The van der Waals surface area contributed by atoms with Crippen molar-refractivity contribution in [1.29, 1.82) is 0 Å². The Balaban J connectivity index is 0.000000158. The lowest BCUT2D eigenvalue weighted by molar-refractivity contribution is 0.00578. The van der Waals surface area contributed by atoms with E-state index in [4.69, 9.17) is 32.5 Å². The Hall–Kier alpha value is -5.49. The van der Waals surface area contributed by atoms with Crippen LogP contribution < -0.4 is 5.46 Å². The van der Waals surface area contributed by atoms with Crippen LogP contribution in [0.2, 0.25) is 10.3 Å². The monoisotopic (exact) mass is 1130 g/mol. The van der Waals surface area contributed by atoms with Gasteiger partial charge in [-0.2, -0.15) is 0 Å². The van der Waals surface area contributed by atoms with E-state index >= 15 is 0 Å². The molecule has 0 unspecified atom stereocenters. The summed E-state index contributed by atoms with van der Waals surface area (Å²) in [6.07, 6.45) is 3.48. The third-order valence-corrected chi connectivity index (χ3v) is 15.9. The first-order chi connectivity index (χ1) is 35.3. The highest BCUT2D eigenvalue weighted by atomic mass is 127. The summed E-state index contributed by atoms with van der Waals surface area (Å²) in [5.41, 5.74) is 15.5. The van der Waals surface area contributed by atoms with E-state index in [0.29, 0.717) is 34.0 Å². The third-order valence-electron chi connectivity index (χ3n) is 14.8. The fourth-order valence-corrected chi connectivity index (χ4v) is 11.4. The molecule has 1 aliphatic rings. The molecule has 378 valence electrons. The highest BCUT2D eigenvalue weighted by Gasteiger charge is 2.53. The molecule has 1 aliphatic heterocycles. The lowest BCUT2D eigenvalue weighted by atomic mass is 9.68. The highest BCUT2D eigenvalue weighted by Crippen LogP contribution is 2.42. The molecule has 10 aromatic rings. The van der Waals surface area contributed by atoms with Crippen LogP contribution in [0.15, 0.2) is 158 Å². The van der Waals surface area contributed by atoms with Crippen LogP contribution in [0.5, 0.6) is 0 Å².